The van der Waals surface area contributed by atoms with Crippen LogP contribution in [0.3, 0.4) is 0 Å². The fourth-order valence-corrected chi connectivity index (χ4v) is 1.55. The van der Waals surface area contributed by atoms with Gasteiger partial charge in [0.2, 0.25) is 5.91 Å². The van der Waals surface area contributed by atoms with Gasteiger partial charge in [-0.3, -0.25) is 4.79 Å². The number of hydrogen-bond acceptors (Lipinski definition) is 4. The van der Waals surface area contributed by atoms with Gasteiger partial charge in [-0.1, -0.05) is 0 Å². The lowest BCUT2D eigenvalue weighted by atomic mass is 10.2. The second kappa shape index (κ2) is 6.20. The molecule has 1 rings (SSSR count). The molecule has 0 aliphatic rings. The average molecular weight is 253 g/mol. The predicted octanol–water partition coefficient (Wildman–Crippen LogP) is 0.878. The Bertz CT molecular complexity index is 438. The second-order valence-electron chi connectivity index (χ2n) is 4.17. The Morgan fingerprint density at radius 1 is 1.56 bits per heavy atom. The van der Waals surface area contributed by atoms with Gasteiger partial charge in [0.15, 0.2) is 0 Å². The molecule has 1 unspecified atom stereocenters. The van der Waals surface area contributed by atoms with E-state index < -0.39 is 5.97 Å². The summed E-state index contributed by atoms with van der Waals surface area (Å²) in [6, 6.07) is 1.38. The maximum absolute atomic E-state index is 11.6. The molecule has 100 valence electrons. The van der Waals surface area contributed by atoms with Crippen molar-refractivity contribution in [2.45, 2.75) is 26.3 Å². The number of aryl methyl sites for hydroxylation is 1. The zero-order valence-corrected chi connectivity index (χ0v) is 10.9. The highest BCUT2D eigenvalue weighted by Gasteiger charge is 2.14. The zero-order chi connectivity index (χ0) is 13.7. The van der Waals surface area contributed by atoms with Gasteiger partial charge in [0.25, 0.3) is 0 Å². The Balaban J connectivity index is 2.72. The van der Waals surface area contributed by atoms with Gasteiger partial charge in [0, 0.05) is 25.7 Å². The molecule has 0 spiro atoms. The number of anilines is 1. The Labute approximate surface area is 106 Å². The van der Waals surface area contributed by atoms with Gasteiger partial charge < -0.3 is 20.4 Å². The minimum atomic E-state index is -0.410. The van der Waals surface area contributed by atoms with Gasteiger partial charge in [-0.15, -0.1) is 0 Å². The van der Waals surface area contributed by atoms with Gasteiger partial charge >= 0.3 is 5.97 Å². The molecule has 0 aliphatic heterocycles. The Morgan fingerprint density at radius 3 is 2.78 bits per heavy atom. The molecular formula is C12H19N3O3. The van der Waals surface area contributed by atoms with Crippen molar-refractivity contribution in [1.82, 2.24) is 4.57 Å². The van der Waals surface area contributed by atoms with E-state index in [1.165, 1.54) is 0 Å². The quantitative estimate of drug-likeness (QED) is 0.763. The van der Waals surface area contributed by atoms with E-state index in [4.69, 9.17) is 10.5 Å². The summed E-state index contributed by atoms with van der Waals surface area (Å²) in [7, 11) is 1.72. The van der Waals surface area contributed by atoms with Crippen molar-refractivity contribution in [2.24, 2.45) is 12.8 Å². The van der Waals surface area contributed by atoms with Crippen molar-refractivity contribution in [3.8, 4) is 0 Å². The molecule has 0 bridgehead atoms. The summed E-state index contributed by atoms with van der Waals surface area (Å²) in [4.78, 5) is 23.1. The first-order chi connectivity index (χ1) is 8.43. The first kappa shape index (κ1) is 14.2. The van der Waals surface area contributed by atoms with Crippen LogP contribution < -0.4 is 11.1 Å². The number of esters is 1. The minimum Gasteiger partial charge on any atom is -0.461 e. The summed E-state index contributed by atoms with van der Waals surface area (Å²) in [5.74, 6) is -0.585. The van der Waals surface area contributed by atoms with Crippen LogP contribution in [0.25, 0.3) is 0 Å². The third kappa shape index (κ3) is 3.89. The molecule has 0 aliphatic carbocycles. The number of carbonyl (C=O) groups excluding carboxylic acids is 2. The monoisotopic (exact) mass is 253 g/mol. The molecule has 6 nitrogen and oxygen atoms in total. The normalized spacial score (nSPS) is 12.0. The van der Waals surface area contributed by atoms with E-state index in [9.17, 15) is 9.59 Å². The number of amides is 1. The van der Waals surface area contributed by atoms with Crippen LogP contribution in [0.4, 0.5) is 5.69 Å². The predicted molar refractivity (Wildman–Crippen MR) is 68.3 cm³/mol. The van der Waals surface area contributed by atoms with Crippen LogP contribution in [0.1, 0.15) is 30.8 Å². The van der Waals surface area contributed by atoms with Gasteiger partial charge in [0.05, 0.1) is 12.3 Å². The highest BCUT2D eigenvalue weighted by atomic mass is 16.5. The average Bonchev–Trinajstić information content (AvgIpc) is 2.58. The van der Waals surface area contributed by atoms with Gasteiger partial charge in [0.1, 0.15) is 5.69 Å². The SMILES string of the molecule is CCOC(=O)c1cc(NC(=O)CC(C)N)cn1C. The molecule has 0 saturated heterocycles. The van der Waals surface area contributed by atoms with Crippen LogP contribution in [0.15, 0.2) is 12.3 Å². The maximum atomic E-state index is 11.6. The smallest absolute Gasteiger partial charge is 0.355 e. The van der Waals surface area contributed by atoms with Crippen LogP contribution in [-0.2, 0) is 16.6 Å². The van der Waals surface area contributed by atoms with E-state index in [0.29, 0.717) is 18.0 Å². The highest BCUT2D eigenvalue weighted by Crippen LogP contribution is 2.14. The van der Waals surface area contributed by atoms with Crippen LogP contribution in [0, 0.1) is 0 Å². The first-order valence-electron chi connectivity index (χ1n) is 5.83. The van der Waals surface area contributed by atoms with Crippen LogP contribution in [0.2, 0.25) is 0 Å². The van der Waals surface area contributed by atoms with Crippen molar-refractivity contribution < 1.29 is 14.3 Å². The Hall–Kier alpha value is -1.82. The Kier molecular flexibility index (Phi) is 4.91. The number of ether oxygens (including phenoxy) is 1. The molecule has 1 amide bonds. The molecule has 1 aromatic rings. The van der Waals surface area contributed by atoms with Gasteiger partial charge in [-0.25, -0.2) is 4.79 Å². The molecule has 0 saturated carbocycles. The number of carbonyl (C=O) groups is 2. The molecule has 0 fully saturated rings. The fourth-order valence-electron chi connectivity index (χ4n) is 1.55. The van der Waals surface area contributed by atoms with E-state index in [1.54, 1.807) is 37.7 Å². The van der Waals surface area contributed by atoms with Gasteiger partial charge in [-0.05, 0) is 19.9 Å². The zero-order valence-electron chi connectivity index (χ0n) is 10.9. The number of nitrogens with two attached hydrogens (primary N) is 1. The summed E-state index contributed by atoms with van der Waals surface area (Å²) in [6.07, 6.45) is 1.90. The third-order valence-corrected chi connectivity index (χ3v) is 2.28. The summed E-state index contributed by atoms with van der Waals surface area (Å²) in [5.41, 5.74) is 6.49. The van der Waals surface area contributed by atoms with Crippen LogP contribution >= 0.6 is 0 Å². The number of rotatable bonds is 5. The standard InChI is InChI=1S/C12H19N3O3/c1-4-18-12(17)10-6-9(7-15(10)3)14-11(16)5-8(2)13/h6-8H,4-5,13H2,1-3H3,(H,14,16). The molecule has 3 N–H and O–H groups in total. The lowest BCUT2D eigenvalue weighted by molar-refractivity contribution is -0.116. The van der Waals surface area contributed by atoms with E-state index >= 15 is 0 Å². The molecule has 0 radical (unpaired) electrons. The molecule has 1 aromatic heterocycles. The molecule has 6 heteroatoms. The highest BCUT2D eigenvalue weighted by molar-refractivity contribution is 5.94. The van der Waals surface area contributed by atoms with E-state index in [2.05, 4.69) is 5.32 Å². The molecular weight excluding hydrogens is 234 g/mol. The van der Waals surface area contributed by atoms with Crippen molar-refractivity contribution in [2.75, 3.05) is 11.9 Å². The van der Waals surface area contributed by atoms with Crippen molar-refractivity contribution in [1.29, 1.82) is 0 Å². The summed E-state index contributed by atoms with van der Waals surface area (Å²) < 4.78 is 6.51. The molecule has 1 heterocycles. The number of nitrogens with one attached hydrogen (secondary N) is 1. The van der Waals surface area contributed by atoms with Crippen molar-refractivity contribution >= 4 is 17.6 Å². The molecule has 0 aromatic carbocycles. The lowest BCUT2D eigenvalue weighted by Crippen LogP contribution is -2.23. The van der Waals surface area contributed by atoms with Crippen LogP contribution in [0.5, 0.6) is 0 Å². The molecule has 1 atom stereocenters. The van der Waals surface area contributed by atoms with E-state index in [0.717, 1.165) is 0 Å². The minimum absolute atomic E-state index is 0.175. The van der Waals surface area contributed by atoms with E-state index in [1.807, 2.05) is 0 Å². The fraction of sp³-hybridized carbons (Fsp3) is 0.500. The molecule has 18 heavy (non-hydrogen) atoms. The first-order valence-corrected chi connectivity index (χ1v) is 5.83. The van der Waals surface area contributed by atoms with Crippen molar-refractivity contribution in [3.63, 3.8) is 0 Å². The summed E-state index contributed by atoms with van der Waals surface area (Å²) in [5, 5.41) is 2.68. The second-order valence-corrected chi connectivity index (χ2v) is 4.17. The van der Waals surface area contributed by atoms with Crippen LogP contribution in [-0.4, -0.2) is 29.1 Å². The largest absolute Gasteiger partial charge is 0.461 e. The van der Waals surface area contributed by atoms with Gasteiger partial charge in [-0.2, -0.15) is 0 Å². The topological polar surface area (TPSA) is 86.3 Å². The third-order valence-electron chi connectivity index (χ3n) is 2.28. The number of nitrogens with zero attached hydrogens (tertiary/aromatic N) is 1. The number of aromatic nitrogens is 1. The van der Waals surface area contributed by atoms with E-state index in [-0.39, 0.29) is 18.4 Å². The summed E-state index contributed by atoms with van der Waals surface area (Å²) >= 11 is 0. The van der Waals surface area contributed by atoms with Crippen molar-refractivity contribution in [3.05, 3.63) is 18.0 Å². The lowest BCUT2D eigenvalue weighted by Gasteiger charge is -2.04. The maximum Gasteiger partial charge on any atom is 0.355 e. The number of hydrogen-bond donors (Lipinski definition) is 2. The summed E-state index contributed by atoms with van der Waals surface area (Å²) in [6.45, 7) is 3.82. The Morgan fingerprint density at radius 2 is 2.22 bits per heavy atom.